The fourth-order valence-electron chi connectivity index (χ4n) is 5.71. The number of nitrogens with one attached hydrogen (secondary N) is 1. The first-order valence-corrected chi connectivity index (χ1v) is 17.3. The Bertz CT molecular complexity index is 1980. The molecule has 13 heteroatoms. The maximum Gasteiger partial charge on any atom is 0.308 e. The number of amides is 3. The normalized spacial score (nSPS) is 19.7. The summed E-state index contributed by atoms with van der Waals surface area (Å²) in [5, 5.41) is 7.51. The molecule has 0 bridgehead atoms. The van der Waals surface area contributed by atoms with Gasteiger partial charge >= 0.3 is 4.87 Å². The maximum absolute atomic E-state index is 14.0. The van der Waals surface area contributed by atoms with Gasteiger partial charge in [-0.3, -0.25) is 23.7 Å². The Hall–Kier alpha value is -4.04. The Morgan fingerprint density at radius 2 is 1.56 bits per heavy atom. The minimum Gasteiger partial charge on any atom is -0.325 e. The van der Waals surface area contributed by atoms with Crippen LogP contribution >= 0.6 is 23.1 Å². The zero-order valence-corrected chi connectivity index (χ0v) is 27.0. The molecule has 3 heterocycles. The van der Waals surface area contributed by atoms with Crippen molar-refractivity contribution in [2.75, 3.05) is 10.2 Å². The molecule has 3 atom stereocenters. The van der Waals surface area contributed by atoms with Gasteiger partial charge in [0.25, 0.3) is 0 Å². The summed E-state index contributed by atoms with van der Waals surface area (Å²) >= 11 is 2.12. The van der Waals surface area contributed by atoms with Gasteiger partial charge in [0.15, 0.2) is 0 Å². The number of anilines is 2. The molecule has 2 aliphatic rings. The van der Waals surface area contributed by atoms with Crippen LogP contribution in [0, 0.1) is 5.92 Å². The van der Waals surface area contributed by atoms with Crippen LogP contribution in [0.5, 0.6) is 0 Å². The predicted molar refractivity (Wildman–Crippen MR) is 174 cm³/mol. The van der Waals surface area contributed by atoms with Gasteiger partial charge < -0.3 is 5.32 Å². The van der Waals surface area contributed by atoms with E-state index in [0.29, 0.717) is 21.3 Å². The van der Waals surface area contributed by atoms with Crippen LogP contribution in [0.1, 0.15) is 42.7 Å². The Morgan fingerprint density at radius 3 is 2.16 bits per heavy atom. The third-order valence-electron chi connectivity index (χ3n) is 7.97. The number of benzene rings is 3. The van der Waals surface area contributed by atoms with Crippen LogP contribution in [0.2, 0.25) is 0 Å². The number of carbonyl (C=O) groups is 3. The van der Waals surface area contributed by atoms with Gasteiger partial charge in [0.1, 0.15) is 11.8 Å². The largest absolute Gasteiger partial charge is 0.325 e. The van der Waals surface area contributed by atoms with Crippen molar-refractivity contribution in [3.63, 3.8) is 0 Å². The molecular formula is C32H30N4O6S3. The zero-order valence-electron chi connectivity index (χ0n) is 24.6. The van der Waals surface area contributed by atoms with Crippen molar-refractivity contribution in [1.82, 2.24) is 4.57 Å². The number of primary sulfonamides is 1. The number of nitrogens with zero attached hydrogens (tertiary/aromatic N) is 2. The molecule has 1 fully saturated rings. The summed E-state index contributed by atoms with van der Waals surface area (Å²) in [6, 6.07) is 22.1. The van der Waals surface area contributed by atoms with Crippen LogP contribution in [0.3, 0.4) is 0 Å². The Labute approximate surface area is 268 Å². The van der Waals surface area contributed by atoms with Gasteiger partial charge in [0.05, 0.1) is 21.5 Å². The summed E-state index contributed by atoms with van der Waals surface area (Å²) in [5.74, 6) is -2.53. The first-order chi connectivity index (χ1) is 21.2. The lowest BCUT2D eigenvalue weighted by atomic mass is 9.81. The SMILES string of the molecule is CC(C)(C)c1ccc(C2c3sc(=O)n(CC(=O)Nc4ccc(S(N)(=O)=O)cc4)c3SC3C(=O)N(c4ccccc4)C(=O)C32)cc1. The lowest BCUT2D eigenvalue weighted by Gasteiger charge is -2.31. The summed E-state index contributed by atoms with van der Waals surface area (Å²) in [7, 11) is -3.89. The van der Waals surface area contributed by atoms with Gasteiger partial charge in [-0.25, -0.2) is 18.5 Å². The highest BCUT2D eigenvalue weighted by Gasteiger charge is 2.56. The van der Waals surface area contributed by atoms with E-state index in [9.17, 15) is 27.6 Å². The van der Waals surface area contributed by atoms with Crippen LogP contribution in [0.25, 0.3) is 0 Å². The molecule has 3 N–H and O–H groups in total. The van der Waals surface area contributed by atoms with Crippen molar-refractivity contribution in [2.24, 2.45) is 11.1 Å². The second-order valence-electron chi connectivity index (χ2n) is 12.0. The fraction of sp³-hybridized carbons (Fsp3) is 0.250. The molecule has 10 nitrogen and oxygen atoms in total. The quantitative estimate of drug-likeness (QED) is 0.293. The van der Waals surface area contributed by atoms with E-state index in [-0.39, 0.29) is 33.5 Å². The number of fused-ring (bicyclic) bond motifs is 2. The first kappa shape index (κ1) is 31.0. The Morgan fingerprint density at radius 1 is 0.911 bits per heavy atom. The molecule has 4 aromatic rings. The van der Waals surface area contributed by atoms with Crippen molar-refractivity contribution >= 4 is 62.2 Å². The number of hydrogen-bond acceptors (Lipinski definition) is 8. The third-order valence-corrected chi connectivity index (χ3v) is 11.5. The van der Waals surface area contributed by atoms with E-state index in [1.54, 1.807) is 24.3 Å². The van der Waals surface area contributed by atoms with E-state index in [0.717, 1.165) is 34.2 Å². The predicted octanol–water partition coefficient (Wildman–Crippen LogP) is 4.29. The number of nitrogens with two attached hydrogens (primary N) is 1. The fourth-order valence-corrected chi connectivity index (χ4v) is 9.00. The highest BCUT2D eigenvalue weighted by atomic mass is 32.2. The molecule has 45 heavy (non-hydrogen) atoms. The van der Waals surface area contributed by atoms with E-state index in [1.807, 2.05) is 30.3 Å². The number of carbonyl (C=O) groups excluding carboxylic acids is 3. The lowest BCUT2D eigenvalue weighted by Crippen LogP contribution is -2.33. The number of thiazole rings is 1. The van der Waals surface area contributed by atoms with Gasteiger partial charge in [-0.2, -0.15) is 0 Å². The van der Waals surface area contributed by atoms with E-state index in [4.69, 9.17) is 5.14 Å². The zero-order chi connectivity index (χ0) is 32.3. The van der Waals surface area contributed by atoms with E-state index in [1.165, 1.54) is 33.7 Å². The van der Waals surface area contributed by atoms with Gasteiger partial charge in [-0.1, -0.05) is 86.3 Å². The summed E-state index contributed by atoms with van der Waals surface area (Å²) in [6.45, 7) is 5.98. The van der Waals surface area contributed by atoms with E-state index >= 15 is 0 Å². The molecule has 0 spiro atoms. The lowest BCUT2D eigenvalue weighted by molar-refractivity contribution is -0.122. The molecule has 1 aromatic heterocycles. The van der Waals surface area contributed by atoms with Crippen LogP contribution in [-0.4, -0.2) is 36.0 Å². The summed E-state index contributed by atoms with van der Waals surface area (Å²) < 4.78 is 24.5. The molecule has 2 aliphatic heterocycles. The van der Waals surface area contributed by atoms with Crippen LogP contribution in [0.4, 0.5) is 11.4 Å². The number of para-hydroxylation sites is 1. The third kappa shape index (κ3) is 5.76. The summed E-state index contributed by atoms with van der Waals surface area (Å²) in [6.07, 6.45) is 0. The molecule has 232 valence electrons. The molecule has 1 saturated heterocycles. The number of imide groups is 1. The van der Waals surface area contributed by atoms with E-state index < -0.39 is 33.0 Å². The van der Waals surface area contributed by atoms with Gasteiger partial charge in [0, 0.05) is 16.5 Å². The van der Waals surface area contributed by atoms with Gasteiger partial charge in [-0.05, 0) is 52.9 Å². The molecule has 3 amide bonds. The van der Waals surface area contributed by atoms with Crippen molar-refractivity contribution in [1.29, 1.82) is 0 Å². The number of aromatic nitrogens is 1. The molecule has 6 rings (SSSR count). The standard InChI is InChI=1S/C32H30N4O6S3/c1-32(2,3)19-11-9-18(10-12-19)24-25-26(29(39)36(28(25)38)21-7-5-4-6-8-21)43-30-27(24)44-31(40)35(30)17-23(37)34-20-13-15-22(16-14-20)45(33,41)42/h4-16,24-26H,17H2,1-3H3,(H,34,37)(H2,33,41,42). The van der Waals surface area contributed by atoms with Crippen LogP contribution in [0.15, 0.2) is 93.6 Å². The Balaban J connectivity index is 1.38. The Kier molecular flexibility index (Phi) is 7.84. The highest BCUT2D eigenvalue weighted by Crippen LogP contribution is 2.54. The molecule has 3 unspecified atom stereocenters. The minimum absolute atomic E-state index is 0.0989. The smallest absolute Gasteiger partial charge is 0.308 e. The van der Waals surface area contributed by atoms with Crippen molar-refractivity contribution in [3.05, 3.63) is 105 Å². The molecule has 0 aliphatic carbocycles. The van der Waals surface area contributed by atoms with Crippen LogP contribution < -0.4 is 20.2 Å². The molecule has 3 aromatic carbocycles. The second kappa shape index (κ2) is 11.4. The average Bonchev–Trinajstić information content (AvgIpc) is 3.43. The second-order valence-corrected chi connectivity index (χ2v) is 15.7. The van der Waals surface area contributed by atoms with Crippen molar-refractivity contribution < 1.29 is 22.8 Å². The van der Waals surface area contributed by atoms with Crippen molar-refractivity contribution in [2.45, 2.75) is 53.8 Å². The van der Waals surface area contributed by atoms with E-state index in [2.05, 4.69) is 26.1 Å². The van der Waals surface area contributed by atoms with Gasteiger partial charge in [0.2, 0.25) is 27.7 Å². The number of hydrogen-bond donors (Lipinski definition) is 2. The van der Waals surface area contributed by atoms with Crippen LogP contribution in [-0.2, 0) is 36.4 Å². The molecular weight excluding hydrogens is 633 g/mol. The first-order valence-electron chi connectivity index (χ1n) is 14.1. The number of rotatable bonds is 6. The number of thioether (sulfide) groups is 1. The van der Waals surface area contributed by atoms with Gasteiger partial charge in [-0.15, -0.1) is 0 Å². The summed E-state index contributed by atoms with van der Waals surface area (Å²) in [5.41, 5.74) is 2.62. The topological polar surface area (TPSA) is 149 Å². The molecule has 0 saturated carbocycles. The minimum atomic E-state index is -3.89. The average molecular weight is 663 g/mol. The monoisotopic (exact) mass is 662 g/mol. The molecule has 0 radical (unpaired) electrons. The number of sulfonamides is 1. The summed E-state index contributed by atoms with van der Waals surface area (Å²) in [4.78, 5) is 55.8. The van der Waals surface area contributed by atoms with Crippen molar-refractivity contribution in [3.8, 4) is 0 Å². The highest BCUT2D eigenvalue weighted by molar-refractivity contribution is 8.00. The maximum atomic E-state index is 14.0.